The highest BCUT2D eigenvalue weighted by Gasteiger charge is 2.31. The number of nitrogens with two attached hydrogens (primary N) is 2. The number of rotatable bonds is 20. The summed E-state index contributed by atoms with van der Waals surface area (Å²) in [5.74, 6) is -7.92. The molecule has 18 heteroatoms. The van der Waals surface area contributed by atoms with E-state index in [1.165, 1.54) is 6.92 Å². The quantitative estimate of drug-likeness (QED) is 0.0651. The Bertz CT molecular complexity index is 1230. The van der Waals surface area contributed by atoms with Crippen molar-refractivity contribution in [2.45, 2.75) is 69.3 Å². The first-order chi connectivity index (χ1) is 21.1. The molecule has 0 bridgehead atoms. The van der Waals surface area contributed by atoms with Crippen molar-refractivity contribution in [2.75, 3.05) is 13.1 Å². The summed E-state index contributed by atoms with van der Waals surface area (Å²) < 4.78 is 0. The zero-order valence-corrected chi connectivity index (χ0v) is 24.5. The smallest absolute Gasteiger partial charge is 0.322 e. The molecule has 5 unspecified atom stereocenters. The molecule has 1 aromatic rings. The van der Waals surface area contributed by atoms with Crippen LogP contribution in [0.5, 0.6) is 0 Å². The van der Waals surface area contributed by atoms with Crippen LogP contribution in [-0.2, 0) is 44.8 Å². The van der Waals surface area contributed by atoms with Gasteiger partial charge in [0, 0.05) is 19.3 Å². The second kappa shape index (κ2) is 19.2. The Morgan fingerprint density at radius 2 is 1.31 bits per heavy atom. The molecular weight excluding hydrogens is 598 g/mol. The number of primary amides is 1. The standard InChI is InChI=1S/C27H39N7O11/c1-14(35)23(27(45)33-18(26(44)31-13-22(40)41)11-15-5-3-2-4-6-15)34-20(37)12-30-25(43)17(8-10-21(38)39)32-24(42)16(28)7-9-19(29)36/h2-6,14,16-18,23,35H,7-13,28H2,1H3,(H2,29,36)(H,30,43)(H,31,44)(H,32,42)(H,33,45)(H,34,37)(H,38,39)(H,40,41). The number of carbonyl (C=O) groups is 8. The van der Waals surface area contributed by atoms with E-state index in [4.69, 9.17) is 21.7 Å². The van der Waals surface area contributed by atoms with Crippen LogP contribution >= 0.6 is 0 Å². The molecule has 0 saturated heterocycles. The van der Waals surface area contributed by atoms with E-state index in [-0.39, 0.29) is 25.7 Å². The molecule has 0 aromatic heterocycles. The largest absolute Gasteiger partial charge is 0.481 e. The molecule has 0 fully saturated rings. The van der Waals surface area contributed by atoms with Crippen molar-refractivity contribution in [3.63, 3.8) is 0 Å². The summed E-state index contributed by atoms with van der Waals surface area (Å²) >= 11 is 0. The first kappa shape index (κ1) is 37.9. The molecule has 0 aliphatic carbocycles. The average Bonchev–Trinajstić information content (AvgIpc) is 2.97. The Morgan fingerprint density at radius 3 is 1.87 bits per heavy atom. The van der Waals surface area contributed by atoms with Crippen LogP contribution in [0.15, 0.2) is 30.3 Å². The van der Waals surface area contributed by atoms with Crippen LogP contribution < -0.4 is 38.1 Å². The minimum Gasteiger partial charge on any atom is -0.481 e. The van der Waals surface area contributed by atoms with Gasteiger partial charge in [-0.15, -0.1) is 0 Å². The second-order valence-electron chi connectivity index (χ2n) is 9.97. The number of benzene rings is 1. The molecule has 5 atom stereocenters. The van der Waals surface area contributed by atoms with Crippen molar-refractivity contribution in [3.05, 3.63) is 35.9 Å². The Labute approximate surface area is 257 Å². The number of carboxylic acids is 2. The fraction of sp³-hybridized carbons (Fsp3) is 0.481. The maximum absolute atomic E-state index is 13.0. The predicted molar refractivity (Wildman–Crippen MR) is 155 cm³/mol. The number of aliphatic hydroxyl groups excluding tert-OH is 1. The maximum Gasteiger partial charge on any atom is 0.322 e. The summed E-state index contributed by atoms with van der Waals surface area (Å²) in [5, 5.41) is 39.3. The van der Waals surface area contributed by atoms with Gasteiger partial charge in [0.1, 0.15) is 24.7 Å². The van der Waals surface area contributed by atoms with Gasteiger partial charge in [0.05, 0.1) is 18.7 Å². The lowest BCUT2D eigenvalue weighted by atomic mass is 10.0. The van der Waals surface area contributed by atoms with Gasteiger partial charge in [-0.25, -0.2) is 0 Å². The minimum absolute atomic E-state index is 0.0514. The highest BCUT2D eigenvalue weighted by atomic mass is 16.4. The number of carboxylic acid groups (broad SMARTS) is 2. The first-order valence-corrected chi connectivity index (χ1v) is 13.8. The molecule has 1 aromatic carbocycles. The number of carbonyl (C=O) groups excluding carboxylic acids is 6. The topological polar surface area (TPSA) is 309 Å². The van der Waals surface area contributed by atoms with Gasteiger partial charge in [0.25, 0.3) is 0 Å². The van der Waals surface area contributed by atoms with Gasteiger partial charge in [0.2, 0.25) is 35.4 Å². The van der Waals surface area contributed by atoms with Gasteiger partial charge in [0.15, 0.2) is 0 Å². The van der Waals surface area contributed by atoms with Crippen molar-refractivity contribution in [3.8, 4) is 0 Å². The van der Waals surface area contributed by atoms with Gasteiger partial charge >= 0.3 is 11.9 Å². The van der Waals surface area contributed by atoms with Gasteiger partial charge < -0.3 is 53.4 Å². The van der Waals surface area contributed by atoms with Gasteiger partial charge in [-0.1, -0.05) is 30.3 Å². The number of hydrogen-bond acceptors (Lipinski definition) is 10. The van der Waals surface area contributed by atoms with E-state index in [2.05, 4.69) is 26.6 Å². The lowest BCUT2D eigenvalue weighted by Crippen LogP contribution is -2.59. The molecule has 248 valence electrons. The summed E-state index contributed by atoms with van der Waals surface area (Å²) in [6.07, 6.45) is -2.79. The number of hydrogen-bond donors (Lipinski definition) is 10. The summed E-state index contributed by atoms with van der Waals surface area (Å²) in [6, 6.07) is 2.86. The molecule has 0 radical (unpaired) electrons. The van der Waals surface area contributed by atoms with E-state index in [1.54, 1.807) is 30.3 Å². The Kier molecular flexibility index (Phi) is 16.2. The van der Waals surface area contributed by atoms with Crippen molar-refractivity contribution in [1.82, 2.24) is 26.6 Å². The fourth-order valence-electron chi connectivity index (χ4n) is 3.77. The SMILES string of the molecule is CC(O)C(NC(=O)CNC(=O)C(CCC(=O)O)NC(=O)C(N)CCC(N)=O)C(=O)NC(Cc1ccccc1)C(=O)NCC(=O)O. The van der Waals surface area contributed by atoms with Crippen molar-refractivity contribution < 1.29 is 53.7 Å². The molecule has 0 spiro atoms. The van der Waals surface area contributed by atoms with Crippen molar-refractivity contribution in [2.24, 2.45) is 11.5 Å². The number of aliphatic hydroxyl groups is 1. The van der Waals surface area contributed by atoms with E-state index in [9.17, 15) is 43.5 Å². The molecule has 0 aliphatic rings. The van der Waals surface area contributed by atoms with Crippen LogP contribution in [0, 0.1) is 0 Å². The number of amides is 6. The molecule has 45 heavy (non-hydrogen) atoms. The Balaban J connectivity index is 2.90. The number of aliphatic carboxylic acids is 2. The molecule has 6 amide bonds. The molecule has 1 rings (SSSR count). The summed E-state index contributed by atoms with van der Waals surface area (Å²) in [4.78, 5) is 96.2. The third kappa shape index (κ3) is 15.3. The Hall–Kier alpha value is -5.10. The van der Waals surface area contributed by atoms with Crippen LogP contribution in [0.2, 0.25) is 0 Å². The van der Waals surface area contributed by atoms with Crippen molar-refractivity contribution in [1.29, 1.82) is 0 Å². The van der Waals surface area contributed by atoms with Gasteiger partial charge in [-0.3, -0.25) is 38.4 Å². The Morgan fingerprint density at radius 1 is 0.733 bits per heavy atom. The highest BCUT2D eigenvalue weighted by Crippen LogP contribution is 2.06. The predicted octanol–water partition coefficient (Wildman–Crippen LogP) is -4.16. The summed E-state index contributed by atoms with van der Waals surface area (Å²) in [6.45, 7) is -0.308. The molecule has 12 N–H and O–H groups in total. The van der Waals surface area contributed by atoms with E-state index in [1.807, 2.05) is 0 Å². The molecule has 0 saturated carbocycles. The highest BCUT2D eigenvalue weighted by molar-refractivity contribution is 5.95. The zero-order valence-electron chi connectivity index (χ0n) is 24.5. The second-order valence-corrected chi connectivity index (χ2v) is 9.97. The third-order valence-corrected chi connectivity index (χ3v) is 6.15. The summed E-state index contributed by atoms with van der Waals surface area (Å²) in [5.41, 5.74) is 11.3. The third-order valence-electron chi connectivity index (χ3n) is 6.15. The maximum atomic E-state index is 13.0. The average molecular weight is 638 g/mol. The van der Waals surface area contributed by atoms with Crippen LogP contribution in [-0.4, -0.2) is 106 Å². The van der Waals surface area contributed by atoms with Gasteiger partial charge in [-0.05, 0) is 25.3 Å². The van der Waals surface area contributed by atoms with E-state index >= 15 is 0 Å². The molecular formula is C27H39N7O11. The van der Waals surface area contributed by atoms with Crippen LogP contribution in [0.1, 0.15) is 38.2 Å². The zero-order chi connectivity index (χ0) is 34.1. The minimum atomic E-state index is -1.62. The fourth-order valence-corrected chi connectivity index (χ4v) is 3.77. The molecule has 0 heterocycles. The first-order valence-electron chi connectivity index (χ1n) is 13.8. The lowest BCUT2D eigenvalue weighted by molar-refractivity contribution is -0.139. The summed E-state index contributed by atoms with van der Waals surface area (Å²) in [7, 11) is 0. The molecule has 18 nitrogen and oxygen atoms in total. The monoisotopic (exact) mass is 637 g/mol. The van der Waals surface area contributed by atoms with E-state index in [0.717, 1.165) is 0 Å². The number of nitrogens with one attached hydrogen (secondary N) is 5. The lowest BCUT2D eigenvalue weighted by Gasteiger charge is -2.25. The van der Waals surface area contributed by atoms with Crippen LogP contribution in [0.3, 0.4) is 0 Å². The van der Waals surface area contributed by atoms with Gasteiger partial charge in [-0.2, -0.15) is 0 Å². The van der Waals surface area contributed by atoms with Crippen molar-refractivity contribution >= 4 is 47.4 Å². The molecule has 0 aliphatic heterocycles. The van der Waals surface area contributed by atoms with Crippen LogP contribution in [0.4, 0.5) is 0 Å². The van der Waals surface area contributed by atoms with E-state index in [0.29, 0.717) is 5.56 Å². The van der Waals surface area contributed by atoms with Crippen LogP contribution in [0.25, 0.3) is 0 Å². The normalized spacial score (nSPS) is 13.9. The van der Waals surface area contributed by atoms with E-state index < -0.39 is 97.2 Å².